The zero-order valence-electron chi connectivity index (χ0n) is 21.3. The van der Waals surface area contributed by atoms with Gasteiger partial charge in [-0.15, -0.1) is 0 Å². The molecule has 0 aliphatic carbocycles. The van der Waals surface area contributed by atoms with Crippen LogP contribution >= 0.6 is 23.4 Å². The highest BCUT2D eigenvalue weighted by molar-refractivity contribution is 8.18. The molecule has 2 amide bonds. The third-order valence-electron chi connectivity index (χ3n) is 6.01. The van der Waals surface area contributed by atoms with Crippen LogP contribution in [0.5, 0.6) is 0 Å². The fourth-order valence-electron chi connectivity index (χ4n) is 4.01. The molecule has 0 radical (unpaired) electrons. The summed E-state index contributed by atoms with van der Waals surface area (Å²) in [4.78, 5) is 49.6. The minimum atomic E-state index is -1.10. The van der Waals surface area contributed by atoms with Crippen molar-refractivity contribution in [3.8, 4) is 11.1 Å². The summed E-state index contributed by atoms with van der Waals surface area (Å²) in [6, 6.07) is 13.9. The number of nitrogens with one attached hydrogen (secondary N) is 2. The quantitative estimate of drug-likeness (QED) is 0.229. The number of aromatic nitrogens is 2. The fourth-order valence-corrected chi connectivity index (χ4v) is 5.00. The number of aliphatic imine (C=N–C) groups is 1. The monoisotopic (exact) mass is 571 g/mol. The van der Waals surface area contributed by atoms with Crippen LogP contribution in [0.1, 0.15) is 29.8 Å². The number of rotatable bonds is 6. The van der Waals surface area contributed by atoms with E-state index >= 15 is 0 Å². The van der Waals surface area contributed by atoms with E-state index in [1.807, 2.05) is 0 Å². The number of carboxylic acids is 1. The number of pyridine rings is 2. The van der Waals surface area contributed by atoms with E-state index < -0.39 is 11.9 Å². The summed E-state index contributed by atoms with van der Waals surface area (Å²) < 4.78 is 0. The molecule has 3 N–H and O–H groups in total. The number of halogens is 1. The summed E-state index contributed by atoms with van der Waals surface area (Å²) in [5.74, 6) is -1.84. The molecule has 9 nitrogen and oxygen atoms in total. The van der Waals surface area contributed by atoms with Gasteiger partial charge in [0.25, 0.3) is 5.91 Å². The van der Waals surface area contributed by atoms with Gasteiger partial charge in [0.15, 0.2) is 5.17 Å². The molecule has 2 aromatic heterocycles. The highest BCUT2D eigenvalue weighted by Crippen LogP contribution is 2.35. The first kappa shape index (κ1) is 27.0. The van der Waals surface area contributed by atoms with Crippen LogP contribution in [0, 0.1) is 5.92 Å². The van der Waals surface area contributed by atoms with E-state index in [1.165, 1.54) is 6.20 Å². The van der Waals surface area contributed by atoms with Gasteiger partial charge < -0.3 is 15.7 Å². The van der Waals surface area contributed by atoms with Crippen molar-refractivity contribution in [2.45, 2.75) is 13.8 Å². The van der Waals surface area contributed by atoms with Gasteiger partial charge in [0.2, 0.25) is 5.91 Å². The van der Waals surface area contributed by atoms with Gasteiger partial charge in [-0.2, -0.15) is 4.99 Å². The van der Waals surface area contributed by atoms with Crippen molar-refractivity contribution in [1.82, 2.24) is 9.97 Å². The summed E-state index contributed by atoms with van der Waals surface area (Å²) in [6.45, 7) is 3.59. The average Bonchev–Trinajstić information content (AvgIpc) is 3.28. The molecule has 0 saturated carbocycles. The highest BCUT2D eigenvalue weighted by Gasteiger charge is 2.23. The molecule has 4 aromatic rings. The van der Waals surface area contributed by atoms with Gasteiger partial charge in [0, 0.05) is 41.1 Å². The van der Waals surface area contributed by atoms with E-state index in [2.05, 4.69) is 25.6 Å². The van der Waals surface area contributed by atoms with E-state index in [9.17, 15) is 19.5 Å². The largest absolute Gasteiger partial charge is 0.478 e. The number of amidine groups is 1. The molecule has 5 rings (SSSR count). The molecule has 0 atom stereocenters. The Hall–Kier alpha value is -4.54. The number of anilines is 2. The smallest absolute Gasteiger partial charge is 0.337 e. The average molecular weight is 572 g/mol. The summed E-state index contributed by atoms with van der Waals surface area (Å²) in [5.41, 5.74) is 3.61. The number of carbonyl (C=O) groups is 3. The van der Waals surface area contributed by atoms with Crippen LogP contribution in [-0.4, -0.2) is 38.0 Å². The minimum absolute atomic E-state index is 0.0633. The lowest BCUT2D eigenvalue weighted by Crippen LogP contribution is -2.17. The molecule has 0 saturated heterocycles. The van der Waals surface area contributed by atoms with Crippen molar-refractivity contribution in [2.24, 2.45) is 10.9 Å². The predicted octanol–water partition coefficient (Wildman–Crippen LogP) is 6.33. The van der Waals surface area contributed by atoms with Gasteiger partial charge in [-0.3, -0.25) is 19.6 Å². The Morgan fingerprint density at radius 3 is 2.58 bits per heavy atom. The van der Waals surface area contributed by atoms with Crippen LogP contribution in [0.4, 0.5) is 11.4 Å². The number of hydrogen-bond donors (Lipinski definition) is 3. The SMILES string of the molecule is CC(C)C(=O)Nc1ccc(Cl)c(NC2=NC(=O)/C(=C/c3ccc4ncc(C(=O)O)c(-c5ccncc5)c4c3)S2)c1. The lowest BCUT2D eigenvalue weighted by molar-refractivity contribution is -0.119. The maximum atomic E-state index is 12.7. The molecule has 0 unspecified atom stereocenters. The Kier molecular flexibility index (Phi) is 7.63. The molecular weight excluding hydrogens is 550 g/mol. The maximum Gasteiger partial charge on any atom is 0.337 e. The van der Waals surface area contributed by atoms with E-state index in [1.54, 1.807) is 80.8 Å². The normalized spacial score (nSPS) is 14.1. The number of hydrogen-bond acceptors (Lipinski definition) is 7. The molecule has 40 heavy (non-hydrogen) atoms. The van der Waals surface area contributed by atoms with Crippen LogP contribution in [-0.2, 0) is 9.59 Å². The molecule has 1 aliphatic heterocycles. The van der Waals surface area contributed by atoms with Crippen molar-refractivity contribution >= 4 is 74.7 Å². The highest BCUT2D eigenvalue weighted by atomic mass is 35.5. The number of benzene rings is 2. The van der Waals surface area contributed by atoms with Crippen LogP contribution in [0.25, 0.3) is 28.1 Å². The van der Waals surface area contributed by atoms with Gasteiger partial charge in [-0.25, -0.2) is 4.79 Å². The Balaban J connectivity index is 1.43. The predicted molar refractivity (Wildman–Crippen MR) is 158 cm³/mol. The van der Waals surface area contributed by atoms with Crippen molar-refractivity contribution in [2.75, 3.05) is 10.6 Å². The number of amides is 2. The van der Waals surface area contributed by atoms with Crippen LogP contribution in [0.3, 0.4) is 0 Å². The van der Waals surface area contributed by atoms with Crippen LogP contribution < -0.4 is 10.6 Å². The summed E-state index contributed by atoms with van der Waals surface area (Å²) >= 11 is 7.48. The number of nitrogens with zero attached hydrogens (tertiary/aromatic N) is 3. The first-order chi connectivity index (χ1) is 19.2. The van der Waals surface area contributed by atoms with E-state index in [4.69, 9.17) is 11.6 Å². The minimum Gasteiger partial charge on any atom is -0.478 e. The Morgan fingerprint density at radius 1 is 1.07 bits per heavy atom. The molecule has 200 valence electrons. The van der Waals surface area contributed by atoms with Crippen LogP contribution in [0.2, 0.25) is 5.02 Å². The second-order valence-corrected chi connectivity index (χ2v) is 10.6. The number of aromatic carboxylic acids is 1. The first-order valence-corrected chi connectivity index (χ1v) is 13.4. The Labute approximate surface area is 238 Å². The van der Waals surface area contributed by atoms with Gasteiger partial charge >= 0.3 is 5.97 Å². The number of fused-ring (bicyclic) bond motifs is 1. The number of thioether (sulfide) groups is 1. The first-order valence-electron chi connectivity index (χ1n) is 12.2. The topological polar surface area (TPSA) is 134 Å². The molecule has 0 bridgehead atoms. The molecule has 3 heterocycles. The third kappa shape index (κ3) is 5.73. The summed E-state index contributed by atoms with van der Waals surface area (Å²) in [5, 5.41) is 17.0. The summed E-state index contributed by atoms with van der Waals surface area (Å²) in [7, 11) is 0. The van der Waals surface area contributed by atoms with Crippen molar-refractivity contribution in [3.05, 3.63) is 88.2 Å². The summed E-state index contributed by atoms with van der Waals surface area (Å²) in [6.07, 6.45) is 6.22. The number of carbonyl (C=O) groups excluding carboxylic acids is 2. The zero-order valence-corrected chi connectivity index (χ0v) is 22.9. The molecular formula is C29H22ClN5O4S. The molecule has 2 aromatic carbocycles. The standard InChI is InChI=1S/C29H22ClN5O4S/c1-15(2)26(36)33-18-4-5-21(30)23(13-18)34-29-35-27(37)24(40-29)12-16-3-6-22-19(11-16)25(17-7-9-31-10-8-17)20(14-32-22)28(38)39/h3-15H,1-2H3,(H,33,36)(H,38,39)(H,34,35,37)/b24-12-. The van der Waals surface area contributed by atoms with Crippen molar-refractivity contribution in [1.29, 1.82) is 0 Å². The van der Waals surface area contributed by atoms with E-state index in [0.717, 1.165) is 11.8 Å². The third-order valence-corrected chi connectivity index (χ3v) is 7.24. The Morgan fingerprint density at radius 2 is 1.85 bits per heavy atom. The van der Waals surface area contributed by atoms with E-state index in [-0.39, 0.29) is 17.4 Å². The van der Waals surface area contributed by atoms with Gasteiger partial charge in [0.05, 0.1) is 26.7 Å². The van der Waals surface area contributed by atoms with Crippen LogP contribution in [0.15, 0.2) is 77.0 Å². The van der Waals surface area contributed by atoms with Gasteiger partial charge in [-0.1, -0.05) is 31.5 Å². The lowest BCUT2D eigenvalue weighted by Gasteiger charge is -2.12. The second kappa shape index (κ2) is 11.3. The molecule has 0 spiro atoms. The molecule has 1 aliphatic rings. The van der Waals surface area contributed by atoms with Gasteiger partial charge in [-0.05, 0) is 71.4 Å². The number of carboxylic acid groups (broad SMARTS) is 1. The Bertz CT molecular complexity index is 1740. The van der Waals surface area contributed by atoms with Crippen molar-refractivity contribution < 1.29 is 19.5 Å². The van der Waals surface area contributed by atoms with Gasteiger partial charge in [0.1, 0.15) is 0 Å². The zero-order chi connectivity index (χ0) is 28.4. The fraction of sp³-hybridized carbons (Fsp3) is 0.103. The second-order valence-electron chi connectivity index (χ2n) is 9.16. The lowest BCUT2D eigenvalue weighted by atomic mass is 9.96. The van der Waals surface area contributed by atoms with E-state index in [0.29, 0.717) is 54.1 Å². The van der Waals surface area contributed by atoms with Crippen molar-refractivity contribution in [3.63, 3.8) is 0 Å². The maximum absolute atomic E-state index is 12.7. The molecule has 11 heteroatoms. The molecule has 0 fully saturated rings.